The first-order valence-electron chi connectivity index (χ1n) is 12.5. The maximum atomic E-state index is 13.8. The highest BCUT2D eigenvalue weighted by atomic mass is 32.2. The minimum absolute atomic E-state index is 0.0723. The molecule has 1 aliphatic rings. The van der Waals surface area contributed by atoms with Gasteiger partial charge in [-0.1, -0.05) is 19.1 Å². The number of nitrogens with zero attached hydrogens (tertiary/aromatic N) is 5. The van der Waals surface area contributed by atoms with Gasteiger partial charge in [0.15, 0.2) is 0 Å². The van der Waals surface area contributed by atoms with Gasteiger partial charge in [-0.3, -0.25) is 9.10 Å². The highest BCUT2D eigenvalue weighted by Crippen LogP contribution is 2.34. The number of carbonyl (C=O) groups excluding carboxylic acids is 1. The largest absolute Gasteiger partial charge is 0.421 e. The molecule has 1 fully saturated rings. The first-order chi connectivity index (χ1) is 18.8. The van der Waals surface area contributed by atoms with Crippen LogP contribution >= 0.6 is 0 Å². The number of hydrogen-bond donors (Lipinski definition) is 2. The average molecular weight is 578 g/mol. The number of amides is 1. The molecule has 1 saturated heterocycles. The molecule has 3 heterocycles. The van der Waals surface area contributed by atoms with Gasteiger partial charge in [-0.15, -0.1) is 0 Å². The Labute approximate surface area is 230 Å². The van der Waals surface area contributed by atoms with Crippen LogP contribution in [0.1, 0.15) is 41.3 Å². The summed E-state index contributed by atoms with van der Waals surface area (Å²) in [7, 11) is -2.35. The van der Waals surface area contributed by atoms with E-state index in [1.807, 2.05) is 0 Å². The maximum Gasteiger partial charge on any atom is 0.421 e. The third-order valence-corrected chi connectivity index (χ3v) is 7.81. The molecular formula is C26H30F3N7O3S. The minimum Gasteiger partial charge on any atom is -0.365 e. The number of hydrogen-bond acceptors (Lipinski definition) is 8. The SMILES string of the molecule is CC1CCN(C(=O)c2cccc(Nc3ncc(C(F)(F)F)c(NCc4cccnc4N(C)S(C)(=O)=O)n3)c2)CC1. The fourth-order valence-corrected chi connectivity index (χ4v) is 4.70. The summed E-state index contributed by atoms with van der Waals surface area (Å²) >= 11 is 0. The maximum absolute atomic E-state index is 13.8. The number of pyridine rings is 1. The molecule has 0 unspecified atom stereocenters. The van der Waals surface area contributed by atoms with Crippen molar-refractivity contribution < 1.29 is 26.4 Å². The van der Waals surface area contributed by atoms with Crippen molar-refractivity contribution in [1.29, 1.82) is 0 Å². The third-order valence-electron chi connectivity index (χ3n) is 6.64. The monoisotopic (exact) mass is 577 g/mol. The second-order valence-corrected chi connectivity index (χ2v) is 11.7. The second-order valence-electron chi connectivity index (χ2n) is 9.70. The van der Waals surface area contributed by atoms with Crippen LogP contribution in [0.25, 0.3) is 0 Å². The van der Waals surface area contributed by atoms with Crippen molar-refractivity contribution in [3.63, 3.8) is 0 Å². The van der Waals surface area contributed by atoms with Gasteiger partial charge in [-0.05, 0) is 43.0 Å². The van der Waals surface area contributed by atoms with Crippen LogP contribution in [-0.2, 0) is 22.7 Å². The number of nitrogens with one attached hydrogen (secondary N) is 2. The molecule has 0 atom stereocenters. The van der Waals surface area contributed by atoms with Crippen LogP contribution in [0, 0.1) is 5.92 Å². The minimum atomic E-state index is -4.75. The quantitative estimate of drug-likeness (QED) is 0.401. The first kappa shape index (κ1) is 29.1. The summed E-state index contributed by atoms with van der Waals surface area (Å²) in [5.41, 5.74) is 0.133. The van der Waals surface area contributed by atoms with Gasteiger partial charge in [0.2, 0.25) is 16.0 Å². The molecule has 40 heavy (non-hydrogen) atoms. The molecule has 0 aliphatic carbocycles. The summed E-state index contributed by atoms with van der Waals surface area (Å²) in [6, 6.07) is 9.73. The van der Waals surface area contributed by atoms with E-state index >= 15 is 0 Å². The van der Waals surface area contributed by atoms with Gasteiger partial charge in [0, 0.05) is 55.9 Å². The van der Waals surface area contributed by atoms with Gasteiger partial charge < -0.3 is 15.5 Å². The molecule has 0 bridgehead atoms. The fraction of sp³-hybridized carbons (Fsp3) is 0.385. The van der Waals surface area contributed by atoms with E-state index < -0.39 is 27.6 Å². The van der Waals surface area contributed by atoms with E-state index in [-0.39, 0.29) is 24.2 Å². The van der Waals surface area contributed by atoms with E-state index in [0.717, 1.165) is 23.4 Å². The molecular weight excluding hydrogens is 547 g/mol. The van der Waals surface area contributed by atoms with Gasteiger partial charge in [0.05, 0.1) is 6.26 Å². The van der Waals surface area contributed by atoms with Crippen molar-refractivity contribution in [3.05, 3.63) is 65.5 Å². The lowest BCUT2D eigenvalue weighted by Gasteiger charge is -2.30. The van der Waals surface area contributed by atoms with Crippen molar-refractivity contribution in [3.8, 4) is 0 Å². The summed E-state index contributed by atoms with van der Waals surface area (Å²) in [5, 5.41) is 5.53. The van der Waals surface area contributed by atoms with Crippen LogP contribution < -0.4 is 14.9 Å². The van der Waals surface area contributed by atoms with Gasteiger partial charge in [-0.2, -0.15) is 18.2 Å². The van der Waals surface area contributed by atoms with Crippen molar-refractivity contribution >= 4 is 39.2 Å². The molecule has 214 valence electrons. The molecule has 10 nitrogen and oxygen atoms in total. The number of anilines is 4. The zero-order chi connectivity index (χ0) is 29.1. The molecule has 14 heteroatoms. The van der Waals surface area contributed by atoms with Crippen molar-refractivity contribution in [2.24, 2.45) is 5.92 Å². The zero-order valence-electron chi connectivity index (χ0n) is 22.2. The lowest BCUT2D eigenvalue weighted by Crippen LogP contribution is -2.37. The van der Waals surface area contributed by atoms with Crippen LogP contribution in [0.15, 0.2) is 48.8 Å². The molecule has 1 aliphatic heterocycles. The van der Waals surface area contributed by atoms with Crippen molar-refractivity contribution in [2.45, 2.75) is 32.5 Å². The summed E-state index contributed by atoms with van der Waals surface area (Å²) in [5.74, 6) is -0.0919. The third kappa shape index (κ3) is 6.97. The summed E-state index contributed by atoms with van der Waals surface area (Å²) in [4.78, 5) is 26.7. The van der Waals surface area contributed by atoms with E-state index in [1.54, 1.807) is 41.3 Å². The Morgan fingerprint density at radius 3 is 2.55 bits per heavy atom. The average Bonchev–Trinajstić information content (AvgIpc) is 2.91. The molecule has 1 aromatic carbocycles. The molecule has 0 spiro atoms. The van der Waals surface area contributed by atoms with Gasteiger partial charge >= 0.3 is 6.18 Å². The van der Waals surface area contributed by atoms with E-state index in [0.29, 0.717) is 42.0 Å². The number of benzene rings is 1. The predicted octanol–water partition coefficient (Wildman–Crippen LogP) is 4.51. The number of likely N-dealkylation sites (tertiary alicyclic amines) is 1. The number of carbonyl (C=O) groups is 1. The van der Waals surface area contributed by atoms with Crippen LogP contribution in [0.4, 0.5) is 36.4 Å². The molecule has 1 amide bonds. The highest BCUT2D eigenvalue weighted by molar-refractivity contribution is 7.92. The van der Waals surface area contributed by atoms with Crippen LogP contribution in [0.5, 0.6) is 0 Å². The fourth-order valence-electron chi connectivity index (χ4n) is 4.23. The first-order valence-corrected chi connectivity index (χ1v) is 14.4. The Morgan fingerprint density at radius 2 is 1.88 bits per heavy atom. The molecule has 2 aromatic heterocycles. The standard InChI is InChI=1S/C26H30F3N7O3S/c1-17-9-12-36(13-10-17)24(37)18-6-4-8-20(14-18)33-25-32-16-21(26(27,28)29)22(34-25)31-15-19-7-5-11-30-23(19)35(2)40(3,38)39/h4-8,11,14,16-17H,9-10,12-13,15H2,1-3H3,(H2,31,32,33,34). The summed E-state index contributed by atoms with van der Waals surface area (Å²) < 4.78 is 66.2. The highest BCUT2D eigenvalue weighted by Gasteiger charge is 2.35. The Bertz CT molecular complexity index is 1480. The number of aromatic nitrogens is 3. The van der Waals surface area contributed by atoms with E-state index in [2.05, 4.69) is 32.5 Å². The Morgan fingerprint density at radius 1 is 1.15 bits per heavy atom. The lowest BCUT2D eigenvalue weighted by atomic mass is 9.98. The van der Waals surface area contributed by atoms with E-state index in [4.69, 9.17) is 0 Å². The summed E-state index contributed by atoms with van der Waals surface area (Å²) in [6.45, 7) is 3.31. The van der Waals surface area contributed by atoms with Crippen molar-refractivity contribution in [2.75, 3.05) is 41.3 Å². The number of rotatable bonds is 8. The van der Waals surface area contributed by atoms with E-state index in [9.17, 15) is 26.4 Å². The summed E-state index contributed by atoms with van der Waals surface area (Å²) in [6.07, 6.45) is 0.167. The van der Waals surface area contributed by atoms with E-state index in [1.165, 1.54) is 13.2 Å². The normalized spacial score (nSPS) is 14.6. The second kappa shape index (κ2) is 11.7. The van der Waals surface area contributed by atoms with Gasteiger partial charge in [-0.25, -0.2) is 18.4 Å². The number of piperidine rings is 1. The Hall–Kier alpha value is -3.94. The molecule has 0 radical (unpaired) electrons. The number of alkyl halides is 3. The zero-order valence-corrected chi connectivity index (χ0v) is 23.1. The van der Waals surface area contributed by atoms with Crippen LogP contribution in [0.3, 0.4) is 0 Å². The molecule has 2 N–H and O–H groups in total. The molecule has 3 aromatic rings. The van der Waals surface area contributed by atoms with Crippen LogP contribution in [-0.4, -0.2) is 60.6 Å². The number of sulfonamides is 1. The van der Waals surface area contributed by atoms with Gasteiger partial charge in [0.25, 0.3) is 5.91 Å². The Balaban J connectivity index is 1.56. The van der Waals surface area contributed by atoms with Crippen molar-refractivity contribution in [1.82, 2.24) is 19.9 Å². The van der Waals surface area contributed by atoms with Crippen LogP contribution in [0.2, 0.25) is 0 Å². The Kier molecular flexibility index (Phi) is 8.47. The number of halogens is 3. The molecule has 4 rings (SSSR count). The predicted molar refractivity (Wildman–Crippen MR) is 146 cm³/mol. The topological polar surface area (TPSA) is 120 Å². The lowest BCUT2D eigenvalue weighted by molar-refractivity contribution is -0.137. The smallest absolute Gasteiger partial charge is 0.365 e. The molecule has 0 saturated carbocycles. The van der Waals surface area contributed by atoms with Gasteiger partial charge in [0.1, 0.15) is 17.2 Å².